The zero-order valence-electron chi connectivity index (χ0n) is 10.7. The van der Waals surface area contributed by atoms with E-state index in [0.717, 1.165) is 10.5 Å². The fraction of sp³-hybridized carbons (Fsp3) is 0.143. The molecule has 1 aromatic heterocycles. The van der Waals surface area contributed by atoms with Gasteiger partial charge < -0.3 is 5.32 Å². The molecule has 1 heterocycles. The van der Waals surface area contributed by atoms with Crippen LogP contribution in [0.4, 0.5) is 5.69 Å². The number of thioether (sulfide) groups is 1. The number of aromatic nitrogens is 1. The van der Waals surface area contributed by atoms with Gasteiger partial charge in [0.1, 0.15) is 5.15 Å². The van der Waals surface area contributed by atoms with E-state index < -0.39 is 0 Å². The zero-order chi connectivity index (χ0) is 14.5. The third kappa shape index (κ3) is 4.13. The summed E-state index contributed by atoms with van der Waals surface area (Å²) >= 11 is 13.2. The molecular weight excluding hydrogens is 315 g/mol. The summed E-state index contributed by atoms with van der Waals surface area (Å²) in [5, 5.41) is 3.27. The van der Waals surface area contributed by atoms with Crippen LogP contribution < -0.4 is 5.32 Å². The number of nitrogens with one attached hydrogen (secondary N) is 1. The van der Waals surface area contributed by atoms with Crippen LogP contribution in [0.15, 0.2) is 41.3 Å². The van der Waals surface area contributed by atoms with E-state index in [1.807, 2.05) is 37.3 Å². The molecule has 0 saturated heterocycles. The largest absolute Gasteiger partial charge is 0.323 e. The Bertz CT molecular complexity index is 597. The molecule has 1 amide bonds. The number of pyridine rings is 1. The molecule has 104 valence electrons. The van der Waals surface area contributed by atoms with E-state index in [9.17, 15) is 4.79 Å². The highest BCUT2D eigenvalue weighted by atomic mass is 35.5. The van der Waals surface area contributed by atoms with Gasteiger partial charge in [0.05, 0.1) is 11.4 Å². The predicted molar refractivity (Wildman–Crippen MR) is 84.8 cm³/mol. The van der Waals surface area contributed by atoms with Gasteiger partial charge in [0.2, 0.25) is 5.91 Å². The highest BCUT2D eigenvalue weighted by molar-refractivity contribution is 8.00. The molecule has 0 aliphatic heterocycles. The molecule has 1 aromatic carbocycles. The standard InChI is InChI=1S/C14H12Cl2N2OS/c1-9-7-11(15)17-14(16)13(9)18-12(19)8-20-10-5-3-2-4-6-10/h2-7H,8H2,1H3,(H,18,19). The quantitative estimate of drug-likeness (QED) is 0.667. The lowest BCUT2D eigenvalue weighted by Gasteiger charge is -2.10. The van der Waals surface area contributed by atoms with Gasteiger partial charge in [-0.3, -0.25) is 4.79 Å². The molecule has 0 radical (unpaired) electrons. The van der Waals surface area contributed by atoms with Gasteiger partial charge in [0, 0.05) is 4.90 Å². The number of aryl methyl sites for hydroxylation is 1. The molecule has 3 nitrogen and oxygen atoms in total. The van der Waals surface area contributed by atoms with E-state index in [1.54, 1.807) is 6.07 Å². The van der Waals surface area contributed by atoms with Crippen molar-refractivity contribution in [3.05, 3.63) is 52.3 Å². The summed E-state index contributed by atoms with van der Waals surface area (Å²) in [6.45, 7) is 1.82. The number of carbonyl (C=O) groups is 1. The monoisotopic (exact) mass is 326 g/mol. The Balaban J connectivity index is 1.98. The summed E-state index contributed by atoms with van der Waals surface area (Å²) in [5.74, 6) is 0.176. The molecule has 0 fully saturated rings. The zero-order valence-corrected chi connectivity index (χ0v) is 13.0. The van der Waals surface area contributed by atoms with Gasteiger partial charge in [0.15, 0.2) is 5.15 Å². The minimum atomic E-state index is -0.132. The molecule has 0 atom stereocenters. The van der Waals surface area contributed by atoms with Gasteiger partial charge >= 0.3 is 0 Å². The molecule has 20 heavy (non-hydrogen) atoms. The Kier molecular flexibility index (Phi) is 5.29. The van der Waals surface area contributed by atoms with Crippen LogP contribution in [0.2, 0.25) is 10.3 Å². The van der Waals surface area contributed by atoms with Crippen molar-refractivity contribution < 1.29 is 4.79 Å². The van der Waals surface area contributed by atoms with E-state index in [1.165, 1.54) is 11.8 Å². The third-order valence-electron chi connectivity index (χ3n) is 2.52. The Labute approximate surface area is 131 Å². The molecule has 2 rings (SSSR count). The Morgan fingerprint density at radius 3 is 2.65 bits per heavy atom. The van der Waals surface area contributed by atoms with Crippen LogP contribution in [-0.2, 0) is 4.79 Å². The minimum absolute atomic E-state index is 0.132. The summed E-state index contributed by atoms with van der Waals surface area (Å²) in [6.07, 6.45) is 0. The second-order valence-corrected chi connectivity index (χ2v) is 5.87. The van der Waals surface area contributed by atoms with Crippen molar-refractivity contribution in [3.63, 3.8) is 0 Å². The number of rotatable bonds is 4. The van der Waals surface area contributed by atoms with Gasteiger partial charge in [-0.15, -0.1) is 11.8 Å². The Morgan fingerprint density at radius 2 is 2.00 bits per heavy atom. The van der Waals surface area contributed by atoms with E-state index in [-0.39, 0.29) is 11.1 Å². The average Bonchev–Trinajstić information content (AvgIpc) is 2.42. The second kappa shape index (κ2) is 6.97. The van der Waals surface area contributed by atoms with Crippen molar-refractivity contribution in [2.45, 2.75) is 11.8 Å². The smallest absolute Gasteiger partial charge is 0.234 e. The number of nitrogens with zero attached hydrogens (tertiary/aromatic N) is 1. The van der Waals surface area contributed by atoms with Gasteiger partial charge in [-0.05, 0) is 30.7 Å². The van der Waals surface area contributed by atoms with Crippen molar-refractivity contribution in [1.82, 2.24) is 4.98 Å². The maximum absolute atomic E-state index is 11.9. The lowest BCUT2D eigenvalue weighted by Crippen LogP contribution is -2.15. The van der Waals surface area contributed by atoms with Crippen molar-refractivity contribution in [3.8, 4) is 0 Å². The first-order chi connectivity index (χ1) is 9.56. The molecule has 6 heteroatoms. The van der Waals surface area contributed by atoms with Crippen LogP contribution in [0.3, 0.4) is 0 Å². The normalized spacial score (nSPS) is 10.3. The van der Waals surface area contributed by atoms with Crippen molar-refractivity contribution >= 4 is 46.6 Å². The highest BCUT2D eigenvalue weighted by Gasteiger charge is 2.11. The maximum Gasteiger partial charge on any atom is 0.234 e. The summed E-state index contributed by atoms with van der Waals surface area (Å²) in [4.78, 5) is 16.9. The highest BCUT2D eigenvalue weighted by Crippen LogP contribution is 2.27. The molecule has 0 spiro atoms. The summed E-state index contributed by atoms with van der Waals surface area (Å²) in [7, 11) is 0. The molecule has 0 aliphatic carbocycles. The van der Waals surface area contributed by atoms with E-state index in [4.69, 9.17) is 23.2 Å². The van der Waals surface area contributed by atoms with Gasteiger partial charge in [-0.25, -0.2) is 4.98 Å². The van der Waals surface area contributed by atoms with Crippen LogP contribution in [0, 0.1) is 6.92 Å². The van der Waals surface area contributed by atoms with Gasteiger partial charge in [-0.1, -0.05) is 41.4 Å². The van der Waals surface area contributed by atoms with Gasteiger partial charge in [0.25, 0.3) is 0 Å². The van der Waals surface area contributed by atoms with Crippen molar-refractivity contribution in [1.29, 1.82) is 0 Å². The number of anilines is 1. The fourth-order valence-corrected chi connectivity index (χ4v) is 2.89. The fourth-order valence-electron chi connectivity index (χ4n) is 1.59. The number of amides is 1. The Hall–Kier alpha value is -1.23. The molecular formula is C14H12Cl2N2OS. The lowest BCUT2D eigenvalue weighted by atomic mass is 10.2. The minimum Gasteiger partial charge on any atom is -0.323 e. The number of benzene rings is 1. The molecule has 2 aromatic rings. The summed E-state index contributed by atoms with van der Waals surface area (Å²) in [6, 6.07) is 11.4. The lowest BCUT2D eigenvalue weighted by molar-refractivity contribution is -0.113. The SMILES string of the molecule is Cc1cc(Cl)nc(Cl)c1NC(=O)CSc1ccccc1. The number of halogens is 2. The Morgan fingerprint density at radius 1 is 1.30 bits per heavy atom. The first-order valence-electron chi connectivity index (χ1n) is 5.86. The maximum atomic E-state index is 11.9. The van der Waals surface area contributed by atoms with Crippen LogP contribution >= 0.6 is 35.0 Å². The van der Waals surface area contributed by atoms with Crippen LogP contribution in [0.1, 0.15) is 5.56 Å². The summed E-state index contributed by atoms with van der Waals surface area (Å²) < 4.78 is 0. The predicted octanol–water partition coefficient (Wildman–Crippen LogP) is 4.43. The topological polar surface area (TPSA) is 42.0 Å². The van der Waals surface area contributed by atoms with E-state index in [2.05, 4.69) is 10.3 Å². The van der Waals surface area contributed by atoms with Crippen LogP contribution in [-0.4, -0.2) is 16.6 Å². The molecule has 0 aliphatic rings. The molecule has 0 bridgehead atoms. The third-order valence-corrected chi connectivity index (χ3v) is 4.00. The van der Waals surface area contributed by atoms with Gasteiger partial charge in [-0.2, -0.15) is 0 Å². The second-order valence-electron chi connectivity index (χ2n) is 4.08. The molecule has 0 saturated carbocycles. The number of carbonyl (C=O) groups excluding carboxylic acids is 1. The van der Waals surface area contributed by atoms with E-state index >= 15 is 0 Å². The number of hydrogen-bond acceptors (Lipinski definition) is 3. The first-order valence-corrected chi connectivity index (χ1v) is 7.61. The summed E-state index contributed by atoms with van der Waals surface area (Å²) in [5.41, 5.74) is 1.29. The average molecular weight is 327 g/mol. The van der Waals surface area contributed by atoms with E-state index in [0.29, 0.717) is 16.6 Å². The van der Waals surface area contributed by atoms with Crippen molar-refractivity contribution in [2.24, 2.45) is 0 Å². The first kappa shape index (κ1) is 15.2. The molecule has 0 unspecified atom stereocenters. The van der Waals surface area contributed by atoms with Crippen LogP contribution in [0.5, 0.6) is 0 Å². The van der Waals surface area contributed by atoms with Crippen LogP contribution in [0.25, 0.3) is 0 Å². The van der Waals surface area contributed by atoms with Crippen molar-refractivity contribution in [2.75, 3.05) is 11.1 Å². The number of hydrogen-bond donors (Lipinski definition) is 1. The molecule has 1 N–H and O–H groups in total.